The van der Waals surface area contributed by atoms with Crippen LogP contribution in [0.5, 0.6) is 0 Å². The van der Waals surface area contributed by atoms with E-state index in [2.05, 4.69) is 10.1 Å². The van der Waals surface area contributed by atoms with Gasteiger partial charge in [0.2, 0.25) is 0 Å². The molecule has 2 N–H and O–H groups in total. The lowest BCUT2D eigenvalue weighted by atomic mass is 9.77. The molecule has 0 amide bonds. The Kier molecular flexibility index (Phi) is 2.95. The van der Waals surface area contributed by atoms with E-state index >= 15 is 0 Å². The lowest BCUT2D eigenvalue weighted by Crippen LogP contribution is -2.44. The topological polar surface area (TPSA) is 108 Å². The summed E-state index contributed by atoms with van der Waals surface area (Å²) in [6, 6.07) is 4.55. The quantitative estimate of drug-likeness (QED) is 0.688. The van der Waals surface area contributed by atoms with E-state index in [0.717, 1.165) is 19.3 Å². The molecule has 2 aromatic rings. The van der Waals surface area contributed by atoms with Gasteiger partial charge in [0, 0.05) is 0 Å². The average Bonchev–Trinajstić information content (AvgIpc) is 2.84. The fourth-order valence-corrected chi connectivity index (χ4v) is 2.43. The van der Waals surface area contributed by atoms with Crippen LogP contribution in [0.15, 0.2) is 22.7 Å². The molecular formula is C12H11ClN4O3. The average molecular weight is 295 g/mol. The number of hydrogen-bond acceptors (Lipinski definition) is 6. The zero-order chi connectivity index (χ0) is 14.3. The Bertz CT molecular complexity index is 681. The summed E-state index contributed by atoms with van der Waals surface area (Å²) in [5, 5.41) is 15.0. The van der Waals surface area contributed by atoms with Crippen LogP contribution >= 0.6 is 11.6 Å². The fourth-order valence-electron chi connectivity index (χ4n) is 2.19. The third-order valence-corrected chi connectivity index (χ3v) is 3.82. The first-order valence-electron chi connectivity index (χ1n) is 6.08. The van der Waals surface area contributed by atoms with E-state index in [1.165, 1.54) is 12.1 Å². The predicted molar refractivity (Wildman–Crippen MR) is 71.1 cm³/mol. The van der Waals surface area contributed by atoms with Gasteiger partial charge in [-0.1, -0.05) is 22.8 Å². The Morgan fingerprint density at radius 1 is 1.45 bits per heavy atom. The van der Waals surface area contributed by atoms with Gasteiger partial charge in [-0.15, -0.1) is 0 Å². The van der Waals surface area contributed by atoms with Crippen molar-refractivity contribution in [3.05, 3.63) is 39.2 Å². The van der Waals surface area contributed by atoms with Crippen LogP contribution in [0.2, 0.25) is 5.02 Å². The largest absolute Gasteiger partial charge is 0.334 e. The van der Waals surface area contributed by atoms with E-state index in [-0.39, 0.29) is 22.2 Å². The molecule has 0 atom stereocenters. The van der Waals surface area contributed by atoms with Crippen molar-refractivity contribution < 1.29 is 9.45 Å². The molecule has 1 aliphatic carbocycles. The Balaban J connectivity index is 2.06. The molecule has 0 aliphatic heterocycles. The Morgan fingerprint density at radius 2 is 2.20 bits per heavy atom. The third-order valence-electron chi connectivity index (χ3n) is 3.52. The first-order chi connectivity index (χ1) is 9.51. The van der Waals surface area contributed by atoms with Gasteiger partial charge in [-0.2, -0.15) is 4.98 Å². The zero-order valence-electron chi connectivity index (χ0n) is 10.4. The van der Waals surface area contributed by atoms with Crippen LogP contribution in [-0.2, 0) is 5.54 Å². The molecule has 0 spiro atoms. The minimum Gasteiger partial charge on any atom is -0.334 e. The molecule has 1 aromatic carbocycles. The second-order valence-corrected chi connectivity index (χ2v) is 5.23. The molecular weight excluding hydrogens is 284 g/mol. The summed E-state index contributed by atoms with van der Waals surface area (Å²) in [5.41, 5.74) is 5.48. The van der Waals surface area contributed by atoms with E-state index in [1.807, 2.05) is 0 Å². The van der Waals surface area contributed by atoms with Crippen LogP contribution in [0.3, 0.4) is 0 Å². The lowest BCUT2D eigenvalue weighted by Gasteiger charge is -2.34. The van der Waals surface area contributed by atoms with E-state index in [9.17, 15) is 10.1 Å². The minimum absolute atomic E-state index is 0.0263. The molecule has 0 bridgehead atoms. The van der Waals surface area contributed by atoms with Gasteiger partial charge >= 0.3 is 5.69 Å². The molecule has 0 unspecified atom stereocenters. The number of rotatable bonds is 3. The summed E-state index contributed by atoms with van der Waals surface area (Å²) in [6.07, 6.45) is 2.57. The van der Waals surface area contributed by atoms with E-state index in [0.29, 0.717) is 5.82 Å². The summed E-state index contributed by atoms with van der Waals surface area (Å²) in [5.74, 6) is 0.443. The Hall–Kier alpha value is -1.99. The highest BCUT2D eigenvalue weighted by Gasteiger charge is 2.39. The maximum atomic E-state index is 11.1. The van der Waals surface area contributed by atoms with Gasteiger partial charge in [0.05, 0.1) is 10.5 Å². The first kappa shape index (κ1) is 13.0. The monoisotopic (exact) mass is 294 g/mol. The van der Waals surface area contributed by atoms with Crippen molar-refractivity contribution in [2.45, 2.75) is 24.8 Å². The lowest BCUT2D eigenvalue weighted by molar-refractivity contribution is -0.384. The summed E-state index contributed by atoms with van der Waals surface area (Å²) < 4.78 is 5.11. The normalized spacial score (nSPS) is 16.7. The Labute approximate surface area is 118 Å². The molecule has 1 aromatic heterocycles. The summed E-state index contributed by atoms with van der Waals surface area (Å²) in [4.78, 5) is 14.7. The third kappa shape index (κ3) is 1.95. The highest BCUT2D eigenvalue weighted by molar-refractivity contribution is 6.33. The second kappa shape index (κ2) is 4.53. The van der Waals surface area contributed by atoms with Gasteiger partial charge in [-0.25, -0.2) is 0 Å². The molecule has 1 heterocycles. The van der Waals surface area contributed by atoms with E-state index < -0.39 is 10.5 Å². The predicted octanol–water partition coefficient (Wildman–Crippen LogP) is 2.64. The van der Waals surface area contributed by atoms with Crippen molar-refractivity contribution >= 4 is 17.3 Å². The van der Waals surface area contributed by atoms with Crippen molar-refractivity contribution in [1.82, 2.24) is 10.1 Å². The molecule has 3 rings (SSSR count). The van der Waals surface area contributed by atoms with Crippen molar-refractivity contribution in [1.29, 1.82) is 0 Å². The number of aromatic nitrogens is 2. The standard InChI is InChI=1S/C12H11ClN4O3/c13-8-4-1-3-7(9(8)17(18)19)10-15-11(16-20-10)12(14)5-2-6-12/h1,3-4H,2,5-6,14H2. The molecule has 1 saturated carbocycles. The maximum Gasteiger partial charge on any atom is 0.300 e. The van der Waals surface area contributed by atoms with Crippen LogP contribution in [0.1, 0.15) is 25.1 Å². The number of nitro groups is 1. The van der Waals surface area contributed by atoms with Gasteiger partial charge in [0.1, 0.15) is 10.6 Å². The van der Waals surface area contributed by atoms with Gasteiger partial charge in [-0.05, 0) is 31.4 Å². The van der Waals surface area contributed by atoms with Crippen LogP contribution in [0.4, 0.5) is 5.69 Å². The van der Waals surface area contributed by atoms with Crippen LogP contribution in [0.25, 0.3) is 11.5 Å². The van der Waals surface area contributed by atoms with Crippen LogP contribution in [0, 0.1) is 10.1 Å². The highest BCUT2D eigenvalue weighted by atomic mass is 35.5. The SMILES string of the molecule is NC1(c2noc(-c3cccc(Cl)c3[N+](=O)[O-])n2)CCC1. The number of para-hydroxylation sites is 1. The number of nitrogens with two attached hydrogens (primary N) is 1. The van der Waals surface area contributed by atoms with Gasteiger partial charge in [0.25, 0.3) is 5.89 Å². The number of benzene rings is 1. The summed E-state index contributed by atoms with van der Waals surface area (Å²) >= 11 is 5.85. The number of nitrogens with zero attached hydrogens (tertiary/aromatic N) is 3. The number of halogens is 1. The molecule has 7 nitrogen and oxygen atoms in total. The van der Waals surface area contributed by atoms with Crippen LogP contribution in [-0.4, -0.2) is 15.1 Å². The first-order valence-corrected chi connectivity index (χ1v) is 6.45. The minimum atomic E-state index is -0.574. The molecule has 1 aliphatic rings. The molecule has 0 radical (unpaired) electrons. The summed E-state index contributed by atoms with van der Waals surface area (Å²) in [7, 11) is 0. The number of nitro benzene ring substituents is 1. The van der Waals surface area contributed by atoms with Crippen molar-refractivity contribution in [3.63, 3.8) is 0 Å². The fraction of sp³-hybridized carbons (Fsp3) is 0.333. The molecule has 20 heavy (non-hydrogen) atoms. The molecule has 104 valence electrons. The van der Waals surface area contributed by atoms with Crippen molar-refractivity contribution in [3.8, 4) is 11.5 Å². The van der Waals surface area contributed by atoms with Gasteiger partial charge in [-0.3, -0.25) is 10.1 Å². The highest BCUT2D eigenvalue weighted by Crippen LogP contribution is 2.39. The zero-order valence-corrected chi connectivity index (χ0v) is 11.1. The van der Waals surface area contributed by atoms with Gasteiger partial charge < -0.3 is 10.3 Å². The van der Waals surface area contributed by atoms with Crippen molar-refractivity contribution in [2.75, 3.05) is 0 Å². The molecule has 0 saturated heterocycles. The van der Waals surface area contributed by atoms with Crippen molar-refractivity contribution in [2.24, 2.45) is 5.73 Å². The summed E-state index contributed by atoms with van der Waals surface area (Å²) in [6.45, 7) is 0. The maximum absolute atomic E-state index is 11.1. The van der Waals surface area contributed by atoms with Gasteiger partial charge in [0.15, 0.2) is 5.82 Å². The molecule has 8 heteroatoms. The molecule has 1 fully saturated rings. The van der Waals surface area contributed by atoms with E-state index in [4.69, 9.17) is 21.9 Å². The smallest absolute Gasteiger partial charge is 0.300 e. The van der Waals surface area contributed by atoms with Crippen LogP contribution < -0.4 is 5.73 Å². The van der Waals surface area contributed by atoms with E-state index in [1.54, 1.807) is 6.07 Å². The Morgan fingerprint density at radius 3 is 2.80 bits per heavy atom. The second-order valence-electron chi connectivity index (χ2n) is 4.83. The number of hydrogen-bond donors (Lipinski definition) is 1.